The number of hydrogen-bond acceptors (Lipinski definition) is 5. The van der Waals surface area contributed by atoms with Crippen LogP contribution < -0.4 is 0 Å². The lowest BCUT2D eigenvalue weighted by atomic mass is 10.1. The van der Waals surface area contributed by atoms with E-state index in [1.54, 1.807) is 0 Å². The molecule has 1 aliphatic rings. The van der Waals surface area contributed by atoms with E-state index in [0.717, 1.165) is 5.56 Å². The third kappa shape index (κ3) is 5.79. The Kier molecular flexibility index (Phi) is 6.95. The second-order valence-electron chi connectivity index (χ2n) is 5.03. The number of aliphatic hydroxyl groups excluding tert-OH is 3. The SMILES string of the molecule is O=C(O)C(F)(F)F.OC[C@@H]1[C@@H](O)[C@@H](O)CN1Cc1ccccc1. The first-order valence-corrected chi connectivity index (χ1v) is 6.72. The van der Waals surface area contributed by atoms with Gasteiger partial charge in [0.15, 0.2) is 0 Å². The van der Waals surface area contributed by atoms with Crippen LogP contribution in [-0.4, -0.2) is 68.9 Å². The van der Waals surface area contributed by atoms with Crippen LogP contribution in [0.25, 0.3) is 0 Å². The van der Waals surface area contributed by atoms with Gasteiger partial charge >= 0.3 is 12.1 Å². The first-order chi connectivity index (χ1) is 10.7. The number of carboxylic acids is 1. The monoisotopic (exact) mass is 337 g/mol. The lowest BCUT2D eigenvalue weighted by Gasteiger charge is -2.23. The molecule has 6 nitrogen and oxygen atoms in total. The van der Waals surface area contributed by atoms with Gasteiger partial charge in [-0.25, -0.2) is 4.79 Å². The number of benzene rings is 1. The predicted molar refractivity (Wildman–Crippen MR) is 73.4 cm³/mol. The zero-order valence-corrected chi connectivity index (χ0v) is 12.0. The summed E-state index contributed by atoms with van der Waals surface area (Å²) in [5, 5.41) is 35.5. The van der Waals surface area contributed by atoms with Gasteiger partial charge in [0.2, 0.25) is 0 Å². The van der Waals surface area contributed by atoms with Gasteiger partial charge < -0.3 is 20.4 Å². The molecule has 4 N–H and O–H groups in total. The van der Waals surface area contributed by atoms with Crippen LogP contribution in [0.4, 0.5) is 13.2 Å². The number of nitrogens with zero attached hydrogens (tertiary/aromatic N) is 1. The van der Waals surface area contributed by atoms with Gasteiger partial charge in [-0.3, -0.25) is 4.90 Å². The minimum atomic E-state index is -5.08. The fourth-order valence-electron chi connectivity index (χ4n) is 2.18. The molecular formula is C14H18F3NO5. The molecule has 3 atom stereocenters. The first-order valence-electron chi connectivity index (χ1n) is 6.72. The highest BCUT2D eigenvalue weighted by Gasteiger charge is 2.39. The molecule has 1 aliphatic heterocycles. The molecule has 1 saturated heterocycles. The van der Waals surface area contributed by atoms with Crippen molar-refractivity contribution in [1.82, 2.24) is 4.90 Å². The summed E-state index contributed by atoms with van der Waals surface area (Å²) in [6, 6.07) is 9.46. The van der Waals surface area contributed by atoms with Gasteiger partial charge in [0.05, 0.1) is 24.9 Å². The Labute approximate surface area is 130 Å². The maximum atomic E-state index is 10.6. The van der Waals surface area contributed by atoms with Crippen molar-refractivity contribution in [2.45, 2.75) is 31.0 Å². The number of carboxylic acid groups (broad SMARTS) is 1. The second-order valence-corrected chi connectivity index (χ2v) is 5.03. The number of rotatable bonds is 3. The molecule has 2 rings (SSSR count). The van der Waals surface area contributed by atoms with E-state index in [2.05, 4.69) is 0 Å². The largest absolute Gasteiger partial charge is 0.490 e. The first kappa shape index (κ1) is 19.4. The van der Waals surface area contributed by atoms with Crippen LogP contribution in [0.2, 0.25) is 0 Å². The molecule has 0 radical (unpaired) electrons. The van der Waals surface area contributed by atoms with Crippen LogP contribution in [0.3, 0.4) is 0 Å². The van der Waals surface area contributed by atoms with Crippen LogP contribution in [0.1, 0.15) is 5.56 Å². The predicted octanol–water partition coefficient (Wildman–Crippen LogP) is 0.218. The van der Waals surface area contributed by atoms with Gasteiger partial charge in [-0.05, 0) is 5.56 Å². The van der Waals surface area contributed by atoms with Gasteiger partial charge in [0.1, 0.15) is 0 Å². The standard InChI is InChI=1S/C12H17NO3.C2HF3O2/c14-8-10-12(16)11(15)7-13(10)6-9-4-2-1-3-5-9;3-2(4,5)1(6)7/h1-5,10-12,14-16H,6-8H2;(H,6,7)/t10-,11+,12-;/m1./s1. The van der Waals surface area contributed by atoms with Crippen molar-refractivity contribution in [2.75, 3.05) is 13.2 Å². The molecule has 0 unspecified atom stereocenters. The van der Waals surface area contributed by atoms with Gasteiger partial charge in [-0.2, -0.15) is 13.2 Å². The highest BCUT2D eigenvalue weighted by Crippen LogP contribution is 2.20. The number of β-amino-alcohol motifs (C(OH)–C–C–N with tert-alkyl or cyclic N) is 1. The maximum Gasteiger partial charge on any atom is 0.490 e. The number of alkyl halides is 3. The average Bonchev–Trinajstić information content (AvgIpc) is 2.74. The van der Waals surface area contributed by atoms with E-state index in [0.29, 0.717) is 13.1 Å². The summed E-state index contributed by atoms with van der Waals surface area (Å²) < 4.78 is 31.7. The van der Waals surface area contributed by atoms with Gasteiger partial charge in [-0.1, -0.05) is 30.3 Å². The number of aliphatic carboxylic acids is 1. The molecule has 0 spiro atoms. The van der Waals surface area contributed by atoms with Crippen molar-refractivity contribution < 1.29 is 38.4 Å². The lowest BCUT2D eigenvalue weighted by Crippen LogP contribution is -2.38. The Bertz CT molecular complexity index is 497. The zero-order valence-electron chi connectivity index (χ0n) is 12.0. The topological polar surface area (TPSA) is 101 Å². The van der Waals surface area contributed by atoms with E-state index < -0.39 is 24.4 Å². The number of hydrogen-bond donors (Lipinski definition) is 4. The summed E-state index contributed by atoms with van der Waals surface area (Å²) in [6.45, 7) is 0.909. The fraction of sp³-hybridized carbons (Fsp3) is 0.500. The van der Waals surface area contributed by atoms with Gasteiger partial charge in [0, 0.05) is 13.1 Å². The Morgan fingerprint density at radius 2 is 1.74 bits per heavy atom. The van der Waals surface area contributed by atoms with Crippen molar-refractivity contribution >= 4 is 5.97 Å². The van der Waals surface area contributed by atoms with Crippen molar-refractivity contribution in [3.63, 3.8) is 0 Å². The van der Waals surface area contributed by atoms with Crippen molar-refractivity contribution in [3.8, 4) is 0 Å². The average molecular weight is 337 g/mol. The maximum absolute atomic E-state index is 10.6. The fourth-order valence-corrected chi connectivity index (χ4v) is 2.18. The molecule has 1 fully saturated rings. The molecule has 9 heteroatoms. The van der Waals surface area contributed by atoms with Gasteiger partial charge in [-0.15, -0.1) is 0 Å². The number of likely N-dealkylation sites (tertiary alicyclic amines) is 1. The number of carbonyl (C=O) groups is 1. The molecule has 1 aromatic carbocycles. The van der Waals surface area contributed by atoms with Crippen LogP contribution in [-0.2, 0) is 11.3 Å². The summed E-state index contributed by atoms with van der Waals surface area (Å²) in [5.74, 6) is -2.76. The zero-order chi connectivity index (χ0) is 17.6. The smallest absolute Gasteiger partial charge is 0.475 e. The normalized spacial score (nSPS) is 24.9. The molecule has 0 saturated carbocycles. The molecule has 0 bridgehead atoms. The Hall–Kier alpha value is -1.68. The van der Waals surface area contributed by atoms with E-state index in [1.807, 2.05) is 35.2 Å². The van der Waals surface area contributed by atoms with E-state index in [9.17, 15) is 28.5 Å². The molecule has 0 aliphatic carbocycles. The molecule has 23 heavy (non-hydrogen) atoms. The third-order valence-electron chi connectivity index (χ3n) is 3.34. The Morgan fingerprint density at radius 3 is 2.17 bits per heavy atom. The Morgan fingerprint density at radius 1 is 1.22 bits per heavy atom. The van der Waals surface area contributed by atoms with E-state index in [4.69, 9.17) is 9.90 Å². The van der Waals surface area contributed by atoms with Crippen molar-refractivity contribution in [1.29, 1.82) is 0 Å². The lowest BCUT2D eigenvalue weighted by molar-refractivity contribution is -0.192. The number of aliphatic hydroxyl groups is 3. The quantitative estimate of drug-likeness (QED) is 0.629. The highest BCUT2D eigenvalue weighted by molar-refractivity contribution is 5.73. The number of halogens is 3. The van der Waals surface area contributed by atoms with Crippen LogP contribution >= 0.6 is 0 Å². The molecular weight excluding hydrogens is 319 g/mol. The highest BCUT2D eigenvalue weighted by atomic mass is 19.4. The van der Waals surface area contributed by atoms with Crippen LogP contribution in [0, 0.1) is 0 Å². The van der Waals surface area contributed by atoms with Crippen molar-refractivity contribution in [3.05, 3.63) is 35.9 Å². The van der Waals surface area contributed by atoms with E-state index >= 15 is 0 Å². The molecule has 0 amide bonds. The van der Waals surface area contributed by atoms with Gasteiger partial charge in [0.25, 0.3) is 0 Å². The van der Waals surface area contributed by atoms with Crippen LogP contribution in [0.15, 0.2) is 30.3 Å². The molecule has 130 valence electrons. The van der Waals surface area contributed by atoms with E-state index in [1.165, 1.54) is 0 Å². The summed E-state index contributed by atoms with van der Waals surface area (Å²) in [4.78, 5) is 10.8. The van der Waals surface area contributed by atoms with Crippen molar-refractivity contribution in [2.24, 2.45) is 0 Å². The van der Waals surface area contributed by atoms with E-state index in [-0.39, 0.29) is 12.6 Å². The Balaban J connectivity index is 0.000000322. The third-order valence-corrected chi connectivity index (χ3v) is 3.34. The summed E-state index contributed by atoms with van der Waals surface area (Å²) in [6.07, 6.45) is -6.70. The molecule has 1 aromatic rings. The van der Waals surface area contributed by atoms with Crippen LogP contribution in [0.5, 0.6) is 0 Å². The summed E-state index contributed by atoms with van der Waals surface area (Å²) in [7, 11) is 0. The molecule has 0 aromatic heterocycles. The minimum Gasteiger partial charge on any atom is -0.475 e. The second kappa shape index (κ2) is 8.25. The summed E-state index contributed by atoms with van der Waals surface area (Å²) >= 11 is 0. The molecule has 1 heterocycles. The minimum absolute atomic E-state index is 0.134. The summed E-state index contributed by atoms with van der Waals surface area (Å²) in [5.41, 5.74) is 1.11.